The van der Waals surface area contributed by atoms with E-state index in [1.165, 1.54) is 11.0 Å². The van der Waals surface area contributed by atoms with Crippen LogP contribution in [-0.4, -0.2) is 86.1 Å². The molecule has 9 nitrogen and oxygen atoms in total. The molecule has 3 fully saturated rings. The van der Waals surface area contributed by atoms with E-state index >= 15 is 0 Å². The van der Waals surface area contributed by atoms with Crippen LogP contribution < -0.4 is 5.32 Å². The van der Waals surface area contributed by atoms with Crippen LogP contribution in [-0.2, 0) is 28.5 Å². The smallest absolute Gasteiger partial charge is 0.410 e. The number of carbonyl (C=O) groups excluding carboxylic acids is 2. The summed E-state index contributed by atoms with van der Waals surface area (Å²) in [6, 6.07) is -0.241. The summed E-state index contributed by atoms with van der Waals surface area (Å²) in [5, 5.41) is 2.86. The molecular weight excluding hydrogens is 488 g/mol. The van der Waals surface area contributed by atoms with Gasteiger partial charge in [-0.3, -0.25) is 4.79 Å². The van der Waals surface area contributed by atoms with E-state index in [4.69, 9.17) is 23.7 Å². The number of nitrogens with zero attached hydrogens (tertiary/aromatic N) is 1. The van der Waals surface area contributed by atoms with Gasteiger partial charge in [0.15, 0.2) is 6.29 Å². The lowest BCUT2D eigenvalue weighted by molar-refractivity contribution is -0.187. The minimum absolute atomic E-state index is 0.00981. The number of ether oxygens (including phenoxy) is 5. The fourth-order valence-electron chi connectivity index (χ4n) is 4.76. The lowest BCUT2D eigenvalue weighted by atomic mass is 9.85. The molecule has 1 N–H and O–H groups in total. The van der Waals surface area contributed by atoms with E-state index in [0.717, 1.165) is 37.9 Å². The van der Waals surface area contributed by atoms with E-state index in [-0.39, 0.29) is 35.5 Å². The van der Waals surface area contributed by atoms with Crippen LogP contribution in [0.5, 0.6) is 0 Å². The van der Waals surface area contributed by atoms with E-state index < -0.39 is 12.2 Å². The Morgan fingerprint density at radius 2 is 1.92 bits per heavy atom. The molecule has 0 radical (unpaired) electrons. The third kappa shape index (κ3) is 10.2. The number of rotatable bonds is 11. The van der Waals surface area contributed by atoms with Gasteiger partial charge in [0, 0.05) is 38.9 Å². The molecule has 0 aromatic heterocycles. The van der Waals surface area contributed by atoms with Gasteiger partial charge >= 0.3 is 6.09 Å². The van der Waals surface area contributed by atoms with Crippen molar-refractivity contribution < 1.29 is 33.3 Å². The summed E-state index contributed by atoms with van der Waals surface area (Å²) in [6.07, 6.45) is 12.4. The summed E-state index contributed by atoms with van der Waals surface area (Å²) >= 11 is 0. The van der Waals surface area contributed by atoms with Gasteiger partial charge < -0.3 is 33.9 Å². The van der Waals surface area contributed by atoms with Crippen LogP contribution >= 0.6 is 0 Å². The Labute approximate surface area is 227 Å². The molecule has 0 aromatic rings. The molecule has 3 aliphatic rings. The largest absolute Gasteiger partial charge is 0.442 e. The van der Waals surface area contributed by atoms with E-state index in [0.29, 0.717) is 26.2 Å². The second kappa shape index (κ2) is 13.7. The van der Waals surface area contributed by atoms with Crippen LogP contribution in [0.1, 0.15) is 66.7 Å². The van der Waals surface area contributed by atoms with Crippen LogP contribution in [0.2, 0.25) is 0 Å². The number of epoxide rings is 1. The topological polar surface area (TPSA) is 98.9 Å². The van der Waals surface area contributed by atoms with Gasteiger partial charge in [-0.1, -0.05) is 37.1 Å². The van der Waals surface area contributed by atoms with E-state index in [1.807, 2.05) is 6.92 Å². The first kappa shape index (κ1) is 30.3. The van der Waals surface area contributed by atoms with Crippen molar-refractivity contribution in [1.82, 2.24) is 10.2 Å². The van der Waals surface area contributed by atoms with Gasteiger partial charge in [-0.05, 0) is 40.2 Å². The number of unbranched alkanes of at least 4 members (excludes halogenated alkanes) is 1. The van der Waals surface area contributed by atoms with E-state index in [9.17, 15) is 9.59 Å². The molecule has 38 heavy (non-hydrogen) atoms. The van der Waals surface area contributed by atoms with Crippen LogP contribution in [0.15, 0.2) is 36.0 Å². The molecule has 3 saturated heterocycles. The highest BCUT2D eigenvalue weighted by Crippen LogP contribution is 2.46. The van der Waals surface area contributed by atoms with Crippen molar-refractivity contribution in [3.63, 3.8) is 0 Å². The number of carbonyl (C=O) groups is 2. The summed E-state index contributed by atoms with van der Waals surface area (Å²) in [5.74, 6) is -0.282. The summed E-state index contributed by atoms with van der Waals surface area (Å²) in [6.45, 7) is 12.3. The molecule has 1 spiro atoms. The van der Waals surface area contributed by atoms with Crippen LogP contribution in [0.4, 0.5) is 4.79 Å². The lowest BCUT2D eigenvalue weighted by Gasteiger charge is -2.38. The molecule has 0 unspecified atom stereocenters. The molecule has 0 saturated carbocycles. The van der Waals surface area contributed by atoms with Crippen molar-refractivity contribution in [2.75, 3.05) is 33.4 Å². The van der Waals surface area contributed by atoms with Crippen LogP contribution in [0.3, 0.4) is 0 Å². The average molecular weight is 535 g/mol. The van der Waals surface area contributed by atoms with Gasteiger partial charge in [-0.2, -0.15) is 0 Å². The molecule has 2 amide bonds. The maximum Gasteiger partial charge on any atom is 0.410 e. The zero-order valence-electron chi connectivity index (χ0n) is 23.9. The number of hydrogen-bond acceptors (Lipinski definition) is 7. The lowest BCUT2D eigenvalue weighted by Crippen LogP contribution is -2.46. The van der Waals surface area contributed by atoms with E-state index in [1.54, 1.807) is 20.0 Å². The molecule has 9 heteroatoms. The minimum Gasteiger partial charge on any atom is -0.442 e. The Hall–Kier alpha value is -2.20. The monoisotopic (exact) mass is 534 g/mol. The Bertz CT molecular complexity index is 879. The Morgan fingerprint density at radius 1 is 1.21 bits per heavy atom. The molecule has 0 aliphatic carbocycles. The normalized spacial score (nSPS) is 29.9. The second-order valence-electron chi connectivity index (χ2n) is 11.3. The summed E-state index contributed by atoms with van der Waals surface area (Å²) in [7, 11) is 1.71. The molecule has 3 aliphatic heterocycles. The first-order valence-corrected chi connectivity index (χ1v) is 13.8. The van der Waals surface area contributed by atoms with E-state index in [2.05, 4.69) is 44.3 Å². The van der Waals surface area contributed by atoms with Gasteiger partial charge in [0.2, 0.25) is 5.91 Å². The van der Waals surface area contributed by atoms with Crippen LogP contribution in [0, 0.1) is 0 Å². The zero-order valence-corrected chi connectivity index (χ0v) is 23.9. The molecule has 0 bridgehead atoms. The van der Waals surface area contributed by atoms with Crippen molar-refractivity contribution >= 4 is 12.0 Å². The maximum absolute atomic E-state index is 12.3. The number of hydrogen-bond donors (Lipinski definition) is 1. The third-order valence-corrected chi connectivity index (χ3v) is 6.83. The number of nitrogens with one attached hydrogen (secondary N) is 1. The van der Waals surface area contributed by atoms with Gasteiger partial charge in [0.1, 0.15) is 6.10 Å². The highest BCUT2D eigenvalue weighted by atomic mass is 16.7. The predicted octanol–water partition coefficient (Wildman–Crippen LogP) is 4.28. The van der Waals surface area contributed by atoms with Gasteiger partial charge in [-0.25, -0.2) is 4.79 Å². The molecule has 3 rings (SSSR count). The quantitative estimate of drug-likeness (QED) is 0.240. The summed E-state index contributed by atoms with van der Waals surface area (Å²) in [5.41, 5.74) is 0.945. The molecule has 0 aromatic carbocycles. The Morgan fingerprint density at radius 3 is 2.58 bits per heavy atom. The fraction of sp³-hybridized carbons (Fsp3) is 0.724. The third-order valence-electron chi connectivity index (χ3n) is 6.83. The highest BCUT2D eigenvalue weighted by molar-refractivity contribution is 5.87. The number of amides is 2. The van der Waals surface area contributed by atoms with Gasteiger partial charge in [0.05, 0.1) is 43.2 Å². The van der Waals surface area contributed by atoms with Crippen molar-refractivity contribution in [2.45, 2.75) is 102 Å². The fourth-order valence-corrected chi connectivity index (χ4v) is 4.76. The number of allylic oxidation sites excluding steroid dienone is 2. The SMILES string of the molecule is CCCCN(C)C(=O)O[C@@H](C)/C=C\C(=O)NC1COC(C/C=C(C)/C=C/[C@@H]2C[C@]3(CO3)CC(C)(C)O2)OC1. The Balaban J connectivity index is 1.33. The first-order valence-electron chi connectivity index (χ1n) is 13.8. The first-order chi connectivity index (χ1) is 18.0. The Kier molecular flexibility index (Phi) is 11.0. The molecular formula is C29H46N2O7. The summed E-state index contributed by atoms with van der Waals surface area (Å²) < 4.78 is 28.8. The molecule has 3 heterocycles. The second-order valence-corrected chi connectivity index (χ2v) is 11.3. The van der Waals surface area contributed by atoms with Crippen molar-refractivity contribution in [3.8, 4) is 0 Å². The molecule has 3 atom stereocenters. The molecule has 214 valence electrons. The van der Waals surface area contributed by atoms with Crippen molar-refractivity contribution in [1.29, 1.82) is 0 Å². The van der Waals surface area contributed by atoms with Crippen LogP contribution in [0.25, 0.3) is 0 Å². The van der Waals surface area contributed by atoms with Crippen molar-refractivity contribution in [3.05, 3.63) is 36.0 Å². The average Bonchev–Trinajstić information content (AvgIpc) is 3.60. The van der Waals surface area contributed by atoms with Gasteiger partial charge in [-0.15, -0.1) is 0 Å². The zero-order chi connectivity index (χ0) is 27.8. The standard InChI is InChI=1S/C29H46N2O7/c1-7-8-15-31(6)27(33)37-22(3)11-13-25(32)30-23-17-34-26(35-18-23)14-10-21(2)9-12-24-16-29(20-36-29)19-28(4,5)38-24/h9-13,22-24,26H,7-8,14-20H2,1-6H3,(H,30,32)/b12-9+,13-11-,21-10+/t22-,23?,24+,26?,29+/m0/s1. The van der Waals surface area contributed by atoms with Crippen molar-refractivity contribution in [2.24, 2.45) is 0 Å². The maximum atomic E-state index is 12.3. The minimum atomic E-state index is -0.510. The predicted molar refractivity (Wildman–Crippen MR) is 145 cm³/mol. The summed E-state index contributed by atoms with van der Waals surface area (Å²) in [4.78, 5) is 25.8. The van der Waals surface area contributed by atoms with Gasteiger partial charge in [0.25, 0.3) is 0 Å². The highest BCUT2D eigenvalue weighted by Gasteiger charge is 2.53.